The lowest BCUT2D eigenvalue weighted by molar-refractivity contribution is -0.121. The van der Waals surface area contributed by atoms with Gasteiger partial charge in [-0.25, -0.2) is 0 Å². The molecule has 0 spiro atoms. The van der Waals surface area contributed by atoms with Gasteiger partial charge in [0.1, 0.15) is 0 Å². The molecular weight excluding hydrogens is 304 g/mol. The Bertz CT molecular complexity index is 366. The van der Waals surface area contributed by atoms with Gasteiger partial charge in [0, 0.05) is 45.3 Å². The van der Waals surface area contributed by atoms with E-state index >= 15 is 0 Å². The first kappa shape index (κ1) is 20.7. The Labute approximate surface area is 147 Å². The molecule has 0 aromatic heterocycles. The summed E-state index contributed by atoms with van der Waals surface area (Å²) in [5.41, 5.74) is 0. The summed E-state index contributed by atoms with van der Waals surface area (Å²) in [5.74, 6) is 1.48. The first-order chi connectivity index (χ1) is 11.6. The van der Waals surface area contributed by atoms with Gasteiger partial charge in [0.25, 0.3) is 0 Å². The van der Waals surface area contributed by atoms with Gasteiger partial charge < -0.3 is 20.7 Å². The van der Waals surface area contributed by atoms with Gasteiger partial charge in [0.15, 0.2) is 5.96 Å². The van der Waals surface area contributed by atoms with E-state index in [1.54, 1.807) is 0 Å². The van der Waals surface area contributed by atoms with E-state index in [1.165, 1.54) is 12.8 Å². The van der Waals surface area contributed by atoms with Crippen molar-refractivity contribution in [2.24, 2.45) is 10.9 Å². The van der Waals surface area contributed by atoms with Crippen LogP contribution in [0, 0.1) is 5.92 Å². The largest absolute Gasteiger partial charge is 0.381 e. The highest BCUT2D eigenvalue weighted by Crippen LogP contribution is 2.17. The van der Waals surface area contributed by atoms with Gasteiger partial charge >= 0.3 is 0 Å². The molecule has 0 aliphatic heterocycles. The Kier molecular flexibility index (Phi) is 11.3. The van der Waals surface area contributed by atoms with E-state index in [1.807, 2.05) is 6.92 Å². The molecule has 0 unspecified atom stereocenters. The van der Waals surface area contributed by atoms with Crippen LogP contribution in [0.3, 0.4) is 0 Å². The highest BCUT2D eigenvalue weighted by atomic mass is 16.5. The number of hydrogen-bond acceptors (Lipinski definition) is 3. The SMILES string of the molecule is CCNC(=NCCCOCC(C)C)NCCC(=O)NC1CCCC1. The number of aliphatic imine (C=N–C) groups is 1. The molecule has 0 aromatic rings. The Balaban J connectivity index is 2.14. The van der Waals surface area contributed by atoms with E-state index < -0.39 is 0 Å². The van der Waals surface area contributed by atoms with Gasteiger partial charge in [-0.05, 0) is 32.1 Å². The molecule has 0 atom stereocenters. The molecule has 0 saturated heterocycles. The van der Waals surface area contributed by atoms with Gasteiger partial charge in [0.2, 0.25) is 5.91 Å². The number of ether oxygens (including phenoxy) is 1. The van der Waals surface area contributed by atoms with Crippen LogP contribution in [-0.4, -0.2) is 50.8 Å². The van der Waals surface area contributed by atoms with E-state index in [2.05, 4.69) is 34.8 Å². The summed E-state index contributed by atoms with van der Waals surface area (Å²) in [7, 11) is 0. The molecule has 6 nitrogen and oxygen atoms in total. The van der Waals surface area contributed by atoms with Crippen molar-refractivity contribution in [1.82, 2.24) is 16.0 Å². The predicted octanol–water partition coefficient (Wildman–Crippen LogP) is 2.05. The first-order valence-electron chi connectivity index (χ1n) is 9.51. The summed E-state index contributed by atoms with van der Waals surface area (Å²) >= 11 is 0. The maximum Gasteiger partial charge on any atom is 0.221 e. The third-order valence-electron chi connectivity index (χ3n) is 3.88. The topological polar surface area (TPSA) is 74.8 Å². The van der Waals surface area contributed by atoms with Crippen molar-refractivity contribution in [3.8, 4) is 0 Å². The van der Waals surface area contributed by atoms with Crippen molar-refractivity contribution in [2.45, 2.75) is 65.3 Å². The molecule has 0 radical (unpaired) electrons. The second-order valence-corrected chi connectivity index (χ2v) is 6.81. The number of carbonyl (C=O) groups is 1. The lowest BCUT2D eigenvalue weighted by atomic mass is 10.2. The Morgan fingerprint density at radius 1 is 1.25 bits per heavy atom. The highest BCUT2D eigenvalue weighted by Gasteiger charge is 2.16. The van der Waals surface area contributed by atoms with E-state index in [-0.39, 0.29) is 5.91 Å². The number of nitrogens with zero attached hydrogens (tertiary/aromatic N) is 1. The van der Waals surface area contributed by atoms with Crippen LogP contribution >= 0.6 is 0 Å². The van der Waals surface area contributed by atoms with Crippen LogP contribution in [0.2, 0.25) is 0 Å². The van der Waals surface area contributed by atoms with Gasteiger partial charge in [-0.3, -0.25) is 9.79 Å². The molecule has 1 saturated carbocycles. The molecule has 3 N–H and O–H groups in total. The van der Waals surface area contributed by atoms with Gasteiger partial charge in [-0.2, -0.15) is 0 Å². The molecule has 1 amide bonds. The standard InChI is InChI=1S/C18H36N4O2/c1-4-19-18(20-11-7-13-24-14-15(2)3)21-12-10-17(23)22-16-8-5-6-9-16/h15-16H,4-14H2,1-3H3,(H,22,23)(H2,19,20,21). The molecule has 24 heavy (non-hydrogen) atoms. The van der Waals surface area contributed by atoms with Gasteiger partial charge in [-0.15, -0.1) is 0 Å². The van der Waals surface area contributed by atoms with E-state index in [9.17, 15) is 4.79 Å². The molecule has 1 aliphatic rings. The van der Waals surface area contributed by atoms with Crippen LogP contribution in [0.15, 0.2) is 4.99 Å². The number of carbonyl (C=O) groups excluding carboxylic acids is 1. The van der Waals surface area contributed by atoms with E-state index in [4.69, 9.17) is 4.74 Å². The average molecular weight is 341 g/mol. The first-order valence-corrected chi connectivity index (χ1v) is 9.51. The molecule has 1 fully saturated rings. The predicted molar refractivity (Wildman–Crippen MR) is 99.3 cm³/mol. The highest BCUT2D eigenvalue weighted by molar-refractivity contribution is 5.81. The quantitative estimate of drug-likeness (QED) is 0.306. The molecule has 0 bridgehead atoms. The van der Waals surface area contributed by atoms with Crippen molar-refractivity contribution >= 4 is 11.9 Å². The summed E-state index contributed by atoms with van der Waals surface area (Å²) in [6.45, 7) is 10.0. The summed E-state index contributed by atoms with van der Waals surface area (Å²) in [4.78, 5) is 16.4. The zero-order valence-corrected chi connectivity index (χ0v) is 15.7. The Morgan fingerprint density at radius 2 is 2.00 bits per heavy atom. The van der Waals surface area contributed by atoms with Crippen LogP contribution in [0.4, 0.5) is 0 Å². The minimum atomic E-state index is 0.132. The second kappa shape index (κ2) is 13.0. The van der Waals surface area contributed by atoms with Gasteiger partial charge in [-0.1, -0.05) is 26.7 Å². The maximum absolute atomic E-state index is 11.9. The van der Waals surface area contributed by atoms with Crippen molar-refractivity contribution in [3.63, 3.8) is 0 Å². The minimum Gasteiger partial charge on any atom is -0.381 e. The fourth-order valence-corrected chi connectivity index (χ4v) is 2.68. The zero-order valence-electron chi connectivity index (χ0n) is 15.7. The third-order valence-corrected chi connectivity index (χ3v) is 3.88. The smallest absolute Gasteiger partial charge is 0.221 e. The Hall–Kier alpha value is -1.30. The van der Waals surface area contributed by atoms with Crippen molar-refractivity contribution in [2.75, 3.05) is 32.8 Å². The number of hydrogen-bond donors (Lipinski definition) is 3. The summed E-state index contributed by atoms with van der Waals surface area (Å²) in [6.07, 6.45) is 6.12. The van der Waals surface area contributed by atoms with Crippen LogP contribution < -0.4 is 16.0 Å². The minimum absolute atomic E-state index is 0.132. The zero-order chi connectivity index (χ0) is 17.6. The average Bonchev–Trinajstić information content (AvgIpc) is 3.03. The van der Waals surface area contributed by atoms with Crippen molar-refractivity contribution in [1.29, 1.82) is 0 Å². The second-order valence-electron chi connectivity index (χ2n) is 6.81. The summed E-state index contributed by atoms with van der Waals surface area (Å²) in [5, 5.41) is 9.53. The molecule has 6 heteroatoms. The lowest BCUT2D eigenvalue weighted by Crippen LogP contribution is -2.40. The van der Waals surface area contributed by atoms with Crippen LogP contribution in [0.25, 0.3) is 0 Å². The van der Waals surface area contributed by atoms with Crippen molar-refractivity contribution in [3.05, 3.63) is 0 Å². The molecule has 1 aliphatic carbocycles. The fraction of sp³-hybridized carbons (Fsp3) is 0.889. The van der Waals surface area contributed by atoms with Gasteiger partial charge in [0.05, 0.1) is 0 Å². The van der Waals surface area contributed by atoms with Crippen LogP contribution in [0.1, 0.15) is 59.3 Å². The fourth-order valence-electron chi connectivity index (χ4n) is 2.68. The van der Waals surface area contributed by atoms with Crippen LogP contribution in [-0.2, 0) is 9.53 Å². The lowest BCUT2D eigenvalue weighted by Gasteiger charge is -2.14. The van der Waals surface area contributed by atoms with E-state index in [0.29, 0.717) is 24.9 Å². The number of nitrogens with one attached hydrogen (secondary N) is 3. The number of guanidine groups is 1. The number of amides is 1. The monoisotopic (exact) mass is 340 g/mol. The number of rotatable bonds is 11. The normalized spacial score (nSPS) is 15.8. The summed E-state index contributed by atoms with van der Waals surface area (Å²) < 4.78 is 5.55. The molecular formula is C18H36N4O2. The molecule has 1 rings (SSSR count). The van der Waals surface area contributed by atoms with Crippen molar-refractivity contribution < 1.29 is 9.53 Å². The summed E-state index contributed by atoms with van der Waals surface area (Å²) in [6, 6.07) is 0.394. The third kappa shape index (κ3) is 10.5. The molecule has 140 valence electrons. The Morgan fingerprint density at radius 3 is 2.67 bits per heavy atom. The molecule has 0 aromatic carbocycles. The van der Waals surface area contributed by atoms with E-state index in [0.717, 1.165) is 51.5 Å². The molecule has 0 heterocycles. The van der Waals surface area contributed by atoms with Crippen LogP contribution in [0.5, 0.6) is 0 Å². The maximum atomic E-state index is 11.9.